The molecule has 0 saturated carbocycles. The van der Waals surface area contributed by atoms with Crippen molar-refractivity contribution in [2.75, 3.05) is 24.5 Å². The van der Waals surface area contributed by atoms with Gasteiger partial charge in [0.25, 0.3) is 0 Å². The first-order valence-corrected chi connectivity index (χ1v) is 13.5. The minimum atomic E-state index is 0.235. The molecule has 2 aliphatic rings. The summed E-state index contributed by atoms with van der Waals surface area (Å²) in [4.78, 5) is 29.2. The largest absolute Gasteiger partial charge is 0.361 e. The van der Waals surface area contributed by atoms with E-state index in [0.717, 1.165) is 68.2 Å². The van der Waals surface area contributed by atoms with E-state index in [2.05, 4.69) is 59.2 Å². The molecular weight excluding hydrogens is 440 g/mol. The monoisotopic (exact) mass is 474 g/mol. The van der Waals surface area contributed by atoms with E-state index in [1.165, 1.54) is 33.3 Å². The summed E-state index contributed by atoms with van der Waals surface area (Å²) in [6, 6.07) is 8.44. The van der Waals surface area contributed by atoms with Gasteiger partial charge in [-0.2, -0.15) is 0 Å². The van der Waals surface area contributed by atoms with Crippen molar-refractivity contribution in [3.63, 3.8) is 0 Å². The first-order chi connectivity index (χ1) is 16.7. The lowest BCUT2D eigenvalue weighted by Crippen LogP contribution is -2.32. The average molecular weight is 475 g/mol. The number of carbonyl (C=O) groups is 1. The second-order valence-corrected chi connectivity index (χ2v) is 10.6. The molecule has 2 aromatic heterocycles. The van der Waals surface area contributed by atoms with Crippen LogP contribution in [0.15, 0.2) is 52.8 Å². The van der Waals surface area contributed by atoms with E-state index in [0.29, 0.717) is 12.3 Å². The quantitative estimate of drug-likeness (QED) is 0.336. The summed E-state index contributed by atoms with van der Waals surface area (Å²) in [6.45, 7) is 7.12. The Morgan fingerprint density at radius 2 is 2.15 bits per heavy atom. The highest BCUT2D eigenvalue weighted by molar-refractivity contribution is 7.17. The Labute approximate surface area is 206 Å². The number of para-hydroxylation sites is 1. The predicted molar refractivity (Wildman–Crippen MR) is 143 cm³/mol. The first kappa shape index (κ1) is 23.0. The number of aliphatic imine (C=N–C) groups is 1. The summed E-state index contributed by atoms with van der Waals surface area (Å²) >= 11 is 1.56. The van der Waals surface area contributed by atoms with Crippen LogP contribution in [-0.2, 0) is 6.42 Å². The minimum Gasteiger partial charge on any atom is -0.361 e. The van der Waals surface area contributed by atoms with Crippen molar-refractivity contribution in [1.82, 2.24) is 9.97 Å². The number of nitrogens with zero attached hydrogens (tertiary/aromatic N) is 3. The third-order valence-electron chi connectivity index (χ3n) is 7.27. The van der Waals surface area contributed by atoms with Crippen LogP contribution in [0.25, 0.3) is 10.9 Å². The Morgan fingerprint density at radius 1 is 1.26 bits per heavy atom. The van der Waals surface area contributed by atoms with Crippen LogP contribution in [0.2, 0.25) is 0 Å². The standard InChI is InChI=1S/C28H34N4OS/c1-3-5-8-19(13-21-16-30-25-10-7-6-9-22(21)25)14-26(33)27-17-31-28(34-27)32-12-11-20-15-29-24(4-2)23(20)18-32/h6-7,9-10,16-17,19,30H,3-5,8,11-15,18H2,1-2H3. The molecule has 0 saturated heterocycles. The van der Waals surface area contributed by atoms with Gasteiger partial charge >= 0.3 is 0 Å². The summed E-state index contributed by atoms with van der Waals surface area (Å²) in [6.07, 6.45) is 10.9. The first-order valence-electron chi connectivity index (χ1n) is 12.7. The smallest absolute Gasteiger partial charge is 0.186 e. The highest BCUT2D eigenvalue weighted by Crippen LogP contribution is 2.33. The van der Waals surface area contributed by atoms with Crippen molar-refractivity contribution in [1.29, 1.82) is 0 Å². The molecular formula is C28H34N4OS. The van der Waals surface area contributed by atoms with Gasteiger partial charge in [-0.15, -0.1) is 0 Å². The number of unbranched alkanes of at least 4 members (excludes halogenated alkanes) is 1. The Balaban J connectivity index is 1.27. The molecule has 1 N–H and O–H groups in total. The maximum atomic E-state index is 13.3. The number of benzene rings is 1. The number of fused-ring (bicyclic) bond motifs is 1. The SMILES string of the molecule is CCCCC(CC(=O)c1cnc(N2CCC3=C(C2)C(CC)=NC3)s1)Cc1c[nH]c2ccccc12. The highest BCUT2D eigenvalue weighted by Gasteiger charge is 2.27. The zero-order valence-corrected chi connectivity index (χ0v) is 21.1. The number of aromatic amines is 1. The van der Waals surface area contributed by atoms with Gasteiger partial charge in [-0.3, -0.25) is 9.79 Å². The van der Waals surface area contributed by atoms with Gasteiger partial charge in [-0.25, -0.2) is 4.98 Å². The Hall–Kier alpha value is -2.73. The van der Waals surface area contributed by atoms with Crippen LogP contribution in [0.5, 0.6) is 0 Å². The molecule has 4 heterocycles. The number of hydrogen-bond donors (Lipinski definition) is 1. The number of carbonyl (C=O) groups excluding carboxylic acids is 1. The van der Waals surface area contributed by atoms with Gasteiger partial charge in [0, 0.05) is 42.3 Å². The summed E-state index contributed by atoms with van der Waals surface area (Å²) in [5, 5.41) is 2.25. The molecule has 0 aliphatic carbocycles. The lowest BCUT2D eigenvalue weighted by atomic mass is 9.89. The van der Waals surface area contributed by atoms with Gasteiger partial charge in [-0.05, 0) is 54.4 Å². The zero-order chi connectivity index (χ0) is 23.5. The molecule has 1 atom stereocenters. The molecule has 3 aromatic rings. The normalized spacial score (nSPS) is 16.8. The molecule has 1 unspecified atom stereocenters. The topological polar surface area (TPSA) is 61.4 Å². The molecule has 0 radical (unpaired) electrons. The van der Waals surface area contributed by atoms with Crippen LogP contribution in [0.4, 0.5) is 5.13 Å². The number of thiazole rings is 1. The molecule has 5 nitrogen and oxygen atoms in total. The van der Waals surface area contributed by atoms with Crippen molar-refractivity contribution in [2.24, 2.45) is 10.9 Å². The Bertz CT molecular complexity index is 1230. The minimum absolute atomic E-state index is 0.235. The summed E-state index contributed by atoms with van der Waals surface area (Å²) in [5.74, 6) is 0.583. The molecule has 0 fully saturated rings. The fourth-order valence-electron chi connectivity index (χ4n) is 5.33. The van der Waals surface area contributed by atoms with Crippen LogP contribution in [-0.4, -0.2) is 41.1 Å². The van der Waals surface area contributed by atoms with Crippen LogP contribution >= 0.6 is 11.3 Å². The molecule has 0 amide bonds. The van der Waals surface area contributed by atoms with Gasteiger partial charge in [0.15, 0.2) is 10.9 Å². The van der Waals surface area contributed by atoms with Gasteiger partial charge in [0.2, 0.25) is 0 Å². The Kier molecular flexibility index (Phi) is 6.95. The van der Waals surface area contributed by atoms with Crippen LogP contribution in [0.3, 0.4) is 0 Å². The van der Waals surface area contributed by atoms with Gasteiger partial charge in [-0.1, -0.05) is 56.2 Å². The zero-order valence-electron chi connectivity index (χ0n) is 20.3. The average Bonchev–Trinajstić information content (AvgIpc) is 3.60. The van der Waals surface area contributed by atoms with E-state index in [1.807, 2.05) is 0 Å². The van der Waals surface area contributed by atoms with Crippen molar-refractivity contribution in [2.45, 2.75) is 58.8 Å². The maximum absolute atomic E-state index is 13.3. The van der Waals surface area contributed by atoms with Crippen molar-refractivity contribution >= 4 is 38.9 Å². The van der Waals surface area contributed by atoms with Crippen LogP contribution in [0.1, 0.15) is 67.6 Å². The third-order valence-corrected chi connectivity index (χ3v) is 8.36. The number of hydrogen-bond acceptors (Lipinski definition) is 5. The van der Waals surface area contributed by atoms with E-state index in [1.54, 1.807) is 17.5 Å². The number of Topliss-reactive ketones (excluding diaryl/α,β-unsaturated/α-hetero) is 1. The van der Waals surface area contributed by atoms with E-state index in [4.69, 9.17) is 4.99 Å². The molecule has 6 heteroatoms. The maximum Gasteiger partial charge on any atom is 0.186 e. The molecule has 2 aliphatic heterocycles. The summed E-state index contributed by atoms with van der Waals surface area (Å²) in [5.41, 5.74) is 6.65. The predicted octanol–water partition coefficient (Wildman–Crippen LogP) is 6.62. The van der Waals surface area contributed by atoms with E-state index >= 15 is 0 Å². The summed E-state index contributed by atoms with van der Waals surface area (Å²) < 4.78 is 0. The highest BCUT2D eigenvalue weighted by atomic mass is 32.1. The van der Waals surface area contributed by atoms with Crippen molar-refractivity contribution < 1.29 is 4.79 Å². The molecule has 34 heavy (non-hydrogen) atoms. The molecule has 178 valence electrons. The number of anilines is 1. The number of rotatable bonds is 10. The van der Waals surface area contributed by atoms with Gasteiger partial charge in [0.05, 0.1) is 17.6 Å². The number of aromatic nitrogens is 2. The Morgan fingerprint density at radius 3 is 3.00 bits per heavy atom. The van der Waals surface area contributed by atoms with Gasteiger partial charge in [0.1, 0.15) is 0 Å². The second kappa shape index (κ2) is 10.3. The van der Waals surface area contributed by atoms with Crippen LogP contribution in [0, 0.1) is 5.92 Å². The lowest BCUT2D eigenvalue weighted by molar-refractivity contribution is 0.0962. The lowest BCUT2D eigenvalue weighted by Gasteiger charge is -2.28. The van der Waals surface area contributed by atoms with E-state index in [9.17, 15) is 4.79 Å². The number of ketones is 1. The molecule has 0 bridgehead atoms. The number of nitrogens with one attached hydrogen (secondary N) is 1. The number of H-pyrrole nitrogens is 1. The van der Waals surface area contributed by atoms with Crippen molar-refractivity contribution in [3.05, 3.63) is 58.2 Å². The summed E-state index contributed by atoms with van der Waals surface area (Å²) in [7, 11) is 0. The third kappa shape index (κ3) is 4.74. The second-order valence-electron chi connectivity index (χ2n) is 9.58. The fourth-order valence-corrected chi connectivity index (χ4v) is 6.22. The van der Waals surface area contributed by atoms with E-state index < -0.39 is 0 Å². The fraction of sp³-hybridized carbons (Fsp3) is 0.464. The molecule has 0 spiro atoms. The molecule has 5 rings (SSSR count). The van der Waals surface area contributed by atoms with Crippen molar-refractivity contribution in [3.8, 4) is 0 Å². The van der Waals surface area contributed by atoms with Crippen LogP contribution < -0.4 is 4.90 Å². The van der Waals surface area contributed by atoms with Gasteiger partial charge < -0.3 is 9.88 Å². The van der Waals surface area contributed by atoms with E-state index in [-0.39, 0.29) is 5.78 Å². The molecule has 1 aromatic carbocycles.